The van der Waals surface area contributed by atoms with Crippen LogP contribution in [0.1, 0.15) is 28.9 Å². The zero-order valence-electron chi connectivity index (χ0n) is 15.4. The third-order valence-electron chi connectivity index (χ3n) is 4.00. The van der Waals surface area contributed by atoms with Crippen LogP contribution >= 0.6 is 0 Å². The lowest BCUT2D eigenvalue weighted by molar-refractivity contribution is -0.133. The van der Waals surface area contributed by atoms with E-state index in [0.717, 1.165) is 5.56 Å². The van der Waals surface area contributed by atoms with Crippen molar-refractivity contribution < 1.29 is 14.3 Å². The fourth-order valence-electron chi connectivity index (χ4n) is 2.57. The molecule has 0 aliphatic heterocycles. The summed E-state index contributed by atoms with van der Waals surface area (Å²) in [6.45, 7) is 6.12. The van der Waals surface area contributed by atoms with Gasteiger partial charge in [0, 0.05) is 6.54 Å². The van der Waals surface area contributed by atoms with Gasteiger partial charge >= 0.3 is 12.0 Å². The predicted octanol–water partition coefficient (Wildman–Crippen LogP) is 3.91. The molecule has 0 saturated heterocycles. The van der Waals surface area contributed by atoms with Crippen LogP contribution in [0.3, 0.4) is 0 Å². The Kier molecular flexibility index (Phi) is 7.15. The van der Waals surface area contributed by atoms with Gasteiger partial charge in [-0.05, 0) is 30.0 Å². The second-order valence-electron chi connectivity index (χ2n) is 5.71. The number of benzene rings is 2. The van der Waals surface area contributed by atoms with Crippen molar-refractivity contribution in [3.8, 4) is 6.07 Å². The molecule has 2 rings (SSSR count). The van der Waals surface area contributed by atoms with Crippen molar-refractivity contribution in [2.45, 2.75) is 13.0 Å². The van der Waals surface area contributed by atoms with E-state index in [1.165, 1.54) is 7.11 Å². The number of nitrogens with one attached hydrogen (secondary N) is 1. The summed E-state index contributed by atoms with van der Waals surface area (Å²) in [5.41, 5.74) is 4.59. The number of ether oxygens (including phenoxy) is 1. The van der Waals surface area contributed by atoms with Gasteiger partial charge in [0.2, 0.25) is 0 Å². The summed E-state index contributed by atoms with van der Waals surface area (Å²) in [6.07, 6.45) is 1.69. The second kappa shape index (κ2) is 9.78. The van der Waals surface area contributed by atoms with Gasteiger partial charge in [-0.1, -0.05) is 48.5 Å². The number of nitrogens with zero attached hydrogens (tertiary/aromatic N) is 2. The van der Waals surface area contributed by atoms with Gasteiger partial charge in [0.05, 0.1) is 23.7 Å². The lowest BCUT2D eigenvalue weighted by Gasteiger charge is -2.29. The first kappa shape index (κ1) is 19.7. The Morgan fingerprint density at radius 2 is 1.89 bits per heavy atom. The van der Waals surface area contributed by atoms with Crippen LogP contribution in [0.5, 0.6) is 0 Å². The first-order valence-electron chi connectivity index (χ1n) is 8.44. The maximum absolute atomic E-state index is 13.2. The molecular formula is C21H22N3O3+. The van der Waals surface area contributed by atoms with Crippen LogP contribution in [-0.2, 0) is 9.53 Å². The topological polar surface area (TPSA) is 63.0 Å². The number of carbonyl (C=O) groups is 2. The standard InChI is InChI=1S/C21H21N3O3/c1-4-14-24(16(2)17-10-6-5-7-11-17)21(26)18-12-8-9-13-19(18)23-22-15-20(25)27-3/h4-13,16H,1,14H2,2-3H3/p+1/t16-/m0/s1. The zero-order valence-corrected chi connectivity index (χ0v) is 15.4. The molecule has 0 unspecified atom stereocenters. The van der Waals surface area contributed by atoms with E-state index in [4.69, 9.17) is 0 Å². The molecule has 1 atom stereocenters. The lowest BCUT2D eigenvalue weighted by Crippen LogP contribution is -2.34. The van der Waals surface area contributed by atoms with E-state index < -0.39 is 5.97 Å². The van der Waals surface area contributed by atoms with Gasteiger partial charge < -0.3 is 9.64 Å². The molecular weight excluding hydrogens is 342 g/mol. The van der Waals surface area contributed by atoms with Crippen LogP contribution in [0, 0.1) is 6.07 Å². The molecule has 6 heteroatoms. The van der Waals surface area contributed by atoms with Crippen molar-refractivity contribution in [2.24, 2.45) is 0 Å². The summed E-state index contributed by atoms with van der Waals surface area (Å²) in [6, 6.07) is 18.7. The van der Waals surface area contributed by atoms with Crippen molar-refractivity contribution >= 4 is 17.6 Å². The highest BCUT2D eigenvalue weighted by molar-refractivity contribution is 6.00. The number of esters is 1. The van der Waals surface area contributed by atoms with Crippen molar-refractivity contribution in [3.05, 3.63) is 83.3 Å². The van der Waals surface area contributed by atoms with Crippen LogP contribution in [-0.4, -0.2) is 30.4 Å². The molecule has 0 aliphatic carbocycles. The molecule has 0 spiro atoms. The monoisotopic (exact) mass is 364 g/mol. The van der Waals surface area contributed by atoms with E-state index in [1.54, 1.807) is 35.2 Å². The average molecular weight is 364 g/mol. The Morgan fingerprint density at radius 1 is 1.22 bits per heavy atom. The number of amides is 1. The Labute approximate surface area is 158 Å². The predicted molar refractivity (Wildman–Crippen MR) is 105 cm³/mol. The molecule has 2 aromatic rings. The third kappa shape index (κ3) is 5.19. The van der Waals surface area contributed by atoms with Gasteiger partial charge in [-0.3, -0.25) is 4.79 Å². The fraction of sp³-hybridized carbons (Fsp3) is 0.190. The van der Waals surface area contributed by atoms with E-state index in [9.17, 15) is 9.59 Å². The molecule has 1 amide bonds. The molecule has 0 aliphatic rings. The molecule has 1 N–H and O–H groups in total. The third-order valence-corrected chi connectivity index (χ3v) is 4.00. The van der Waals surface area contributed by atoms with Crippen LogP contribution in [0.2, 0.25) is 0 Å². The van der Waals surface area contributed by atoms with Crippen LogP contribution in [0.25, 0.3) is 4.95 Å². The number of anilines is 1. The summed E-state index contributed by atoms with van der Waals surface area (Å²) in [5, 5.41) is 0. The van der Waals surface area contributed by atoms with E-state index in [-0.39, 0.29) is 11.9 Å². The summed E-state index contributed by atoms with van der Waals surface area (Å²) in [7, 11) is 1.24. The highest BCUT2D eigenvalue weighted by Gasteiger charge is 2.24. The van der Waals surface area contributed by atoms with Gasteiger partial charge in [-0.25, -0.2) is 4.79 Å². The largest absolute Gasteiger partial charge is 0.463 e. The van der Waals surface area contributed by atoms with E-state index in [1.807, 2.05) is 37.3 Å². The minimum absolute atomic E-state index is 0.144. The molecule has 0 heterocycles. The molecule has 6 nitrogen and oxygen atoms in total. The van der Waals surface area contributed by atoms with Crippen molar-refractivity contribution in [1.29, 1.82) is 0 Å². The fourth-order valence-corrected chi connectivity index (χ4v) is 2.57. The summed E-state index contributed by atoms with van der Waals surface area (Å²) < 4.78 is 4.45. The Hall–Kier alpha value is -3.59. The summed E-state index contributed by atoms with van der Waals surface area (Å²) >= 11 is 0. The van der Waals surface area contributed by atoms with Gasteiger partial charge in [0.25, 0.3) is 5.91 Å². The molecule has 0 saturated carbocycles. The van der Waals surface area contributed by atoms with E-state index in [2.05, 4.69) is 27.8 Å². The van der Waals surface area contributed by atoms with Gasteiger partial charge in [0.1, 0.15) is 5.69 Å². The summed E-state index contributed by atoms with van der Waals surface area (Å²) in [5.74, 6) is -0.889. The highest BCUT2D eigenvalue weighted by Crippen LogP contribution is 2.25. The van der Waals surface area contributed by atoms with Crippen LogP contribution in [0.15, 0.2) is 67.3 Å². The Bertz CT molecular complexity index is 869. The maximum Gasteiger partial charge on any atom is 0.463 e. The van der Waals surface area contributed by atoms with E-state index in [0.29, 0.717) is 17.8 Å². The van der Waals surface area contributed by atoms with E-state index >= 15 is 0 Å². The van der Waals surface area contributed by atoms with Crippen molar-refractivity contribution in [3.63, 3.8) is 0 Å². The summed E-state index contributed by atoms with van der Waals surface area (Å²) in [4.78, 5) is 29.7. The molecule has 0 bridgehead atoms. The van der Waals surface area contributed by atoms with Crippen LogP contribution in [0.4, 0.5) is 5.69 Å². The molecule has 2 aromatic carbocycles. The highest BCUT2D eigenvalue weighted by atomic mass is 16.5. The Morgan fingerprint density at radius 3 is 2.56 bits per heavy atom. The van der Waals surface area contributed by atoms with Crippen molar-refractivity contribution in [1.82, 2.24) is 4.90 Å². The second-order valence-corrected chi connectivity index (χ2v) is 5.71. The SMILES string of the molecule is C=CCN(C(=O)c1ccccc1N[N+]#CC(=O)OC)[C@@H](C)c1ccccc1. The molecule has 0 radical (unpaired) electrons. The smallest absolute Gasteiger partial charge is 0.455 e. The number of hydrogen-bond donors (Lipinski definition) is 1. The number of rotatable bonds is 6. The maximum atomic E-state index is 13.2. The molecule has 27 heavy (non-hydrogen) atoms. The lowest BCUT2D eigenvalue weighted by atomic mass is 10.0. The van der Waals surface area contributed by atoms with Gasteiger partial charge in [-0.15, -0.1) is 6.58 Å². The quantitative estimate of drug-likeness (QED) is 0.365. The minimum Gasteiger partial charge on any atom is -0.455 e. The van der Waals surface area contributed by atoms with Crippen molar-refractivity contribution in [2.75, 3.05) is 19.1 Å². The van der Waals surface area contributed by atoms with Gasteiger partial charge in [-0.2, -0.15) is 0 Å². The van der Waals surface area contributed by atoms with Gasteiger partial charge in [0.15, 0.2) is 0 Å². The first-order valence-corrected chi connectivity index (χ1v) is 8.44. The average Bonchev–Trinajstić information content (AvgIpc) is 2.72. The number of hydrogen-bond acceptors (Lipinski definition) is 4. The molecule has 138 valence electrons. The first-order chi connectivity index (χ1) is 13.1. The number of carbonyl (C=O) groups excluding carboxylic acids is 2. The minimum atomic E-state index is -0.711. The zero-order chi connectivity index (χ0) is 19.6. The Balaban J connectivity index is 2.31. The molecule has 0 fully saturated rings. The number of para-hydroxylation sites is 1. The normalized spacial score (nSPS) is 10.7. The number of methoxy groups -OCH3 is 1. The molecule has 0 aromatic heterocycles. The van der Waals surface area contributed by atoms with Crippen LogP contribution < -0.4 is 5.43 Å².